The van der Waals surface area contributed by atoms with Gasteiger partial charge in [0.2, 0.25) is 0 Å². The van der Waals surface area contributed by atoms with E-state index in [-0.39, 0.29) is 11.9 Å². The first-order chi connectivity index (χ1) is 8.74. The molecular formula is C15H20N2O. The third-order valence-corrected chi connectivity index (χ3v) is 4.11. The molecule has 1 atom stereocenters. The summed E-state index contributed by atoms with van der Waals surface area (Å²) in [6, 6.07) is 6.44. The average molecular weight is 244 g/mol. The van der Waals surface area contributed by atoms with Crippen molar-refractivity contribution in [2.75, 3.05) is 13.1 Å². The van der Waals surface area contributed by atoms with Crippen molar-refractivity contribution in [3.63, 3.8) is 0 Å². The summed E-state index contributed by atoms with van der Waals surface area (Å²) in [6.07, 6.45) is 5.29. The quantitative estimate of drug-likeness (QED) is 0.818. The van der Waals surface area contributed by atoms with E-state index < -0.39 is 0 Å². The molecule has 96 valence electrons. The highest BCUT2D eigenvalue weighted by Crippen LogP contribution is 2.23. The Morgan fingerprint density at radius 1 is 1.22 bits per heavy atom. The topological polar surface area (TPSA) is 46.3 Å². The standard InChI is InChI=1S/C15H20N2O/c16-14-6-5-11-9-13(4-3-12(11)10-14)15(18)17-7-1-2-8-17/h3-4,9,14H,1-2,5-8,10,16H2. The van der Waals surface area contributed by atoms with Crippen LogP contribution in [0.25, 0.3) is 0 Å². The SMILES string of the molecule is NC1CCc2cc(C(=O)N3CCCC3)ccc2C1. The number of likely N-dealkylation sites (tertiary alicyclic amines) is 1. The van der Waals surface area contributed by atoms with Gasteiger partial charge in [0.15, 0.2) is 0 Å². The van der Waals surface area contributed by atoms with E-state index in [4.69, 9.17) is 5.73 Å². The highest BCUT2D eigenvalue weighted by atomic mass is 16.2. The van der Waals surface area contributed by atoms with Crippen LogP contribution < -0.4 is 5.73 Å². The fourth-order valence-electron chi connectivity index (χ4n) is 3.02. The van der Waals surface area contributed by atoms with Crippen molar-refractivity contribution in [3.05, 3.63) is 34.9 Å². The largest absolute Gasteiger partial charge is 0.339 e. The van der Waals surface area contributed by atoms with E-state index >= 15 is 0 Å². The lowest BCUT2D eigenvalue weighted by atomic mass is 9.87. The summed E-state index contributed by atoms with van der Waals surface area (Å²) in [5, 5.41) is 0. The van der Waals surface area contributed by atoms with Crippen LogP contribution in [0.3, 0.4) is 0 Å². The second-order valence-electron chi connectivity index (χ2n) is 5.49. The number of hydrogen-bond donors (Lipinski definition) is 1. The molecule has 18 heavy (non-hydrogen) atoms. The third-order valence-electron chi connectivity index (χ3n) is 4.11. The van der Waals surface area contributed by atoms with Crippen molar-refractivity contribution in [2.45, 2.75) is 38.1 Å². The second kappa shape index (κ2) is 4.73. The molecule has 2 N–H and O–H groups in total. The summed E-state index contributed by atoms with van der Waals surface area (Å²) in [5.74, 6) is 0.199. The van der Waals surface area contributed by atoms with Crippen LogP contribution in [-0.2, 0) is 12.8 Å². The zero-order valence-corrected chi connectivity index (χ0v) is 10.7. The van der Waals surface area contributed by atoms with Gasteiger partial charge in [-0.1, -0.05) is 6.07 Å². The van der Waals surface area contributed by atoms with Gasteiger partial charge in [0.05, 0.1) is 0 Å². The molecule has 3 nitrogen and oxygen atoms in total. The van der Waals surface area contributed by atoms with Crippen molar-refractivity contribution in [3.8, 4) is 0 Å². The van der Waals surface area contributed by atoms with Gasteiger partial charge in [-0.05, 0) is 55.4 Å². The van der Waals surface area contributed by atoms with Gasteiger partial charge >= 0.3 is 0 Å². The van der Waals surface area contributed by atoms with Crippen LogP contribution in [0.1, 0.15) is 40.7 Å². The summed E-state index contributed by atoms with van der Waals surface area (Å²) >= 11 is 0. The van der Waals surface area contributed by atoms with E-state index in [1.807, 2.05) is 11.0 Å². The summed E-state index contributed by atoms with van der Waals surface area (Å²) in [6.45, 7) is 1.83. The van der Waals surface area contributed by atoms with Crippen molar-refractivity contribution in [2.24, 2.45) is 5.73 Å². The number of nitrogens with zero attached hydrogens (tertiary/aromatic N) is 1. The van der Waals surface area contributed by atoms with Crippen molar-refractivity contribution in [1.82, 2.24) is 4.90 Å². The number of hydrogen-bond acceptors (Lipinski definition) is 2. The molecule has 1 aliphatic heterocycles. The van der Waals surface area contributed by atoms with E-state index in [9.17, 15) is 4.79 Å². The predicted molar refractivity (Wildman–Crippen MR) is 71.6 cm³/mol. The summed E-state index contributed by atoms with van der Waals surface area (Å²) in [7, 11) is 0. The van der Waals surface area contributed by atoms with Crippen molar-refractivity contribution in [1.29, 1.82) is 0 Å². The number of nitrogens with two attached hydrogens (primary N) is 1. The van der Waals surface area contributed by atoms with E-state index in [0.717, 1.165) is 50.8 Å². The highest BCUT2D eigenvalue weighted by molar-refractivity contribution is 5.94. The molecule has 0 saturated carbocycles. The number of amides is 1. The molecule has 3 rings (SSSR count). The number of benzene rings is 1. The van der Waals surface area contributed by atoms with Crippen LogP contribution >= 0.6 is 0 Å². The van der Waals surface area contributed by atoms with Gasteiger partial charge in [0.1, 0.15) is 0 Å². The number of aryl methyl sites for hydroxylation is 1. The van der Waals surface area contributed by atoms with Crippen molar-refractivity contribution < 1.29 is 4.79 Å². The van der Waals surface area contributed by atoms with Crippen LogP contribution in [0.2, 0.25) is 0 Å². The van der Waals surface area contributed by atoms with E-state index in [2.05, 4.69) is 12.1 Å². The van der Waals surface area contributed by atoms with E-state index in [0.29, 0.717) is 0 Å². The van der Waals surface area contributed by atoms with Gasteiger partial charge in [0.25, 0.3) is 5.91 Å². The van der Waals surface area contributed by atoms with Gasteiger partial charge in [-0.2, -0.15) is 0 Å². The lowest BCUT2D eigenvalue weighted by Gasteiger charge is -2.22. The zero-order valence-electron chi connectivity index (χ0n) is 10.7. The molecular weight excluding hydrogens is 224 g/mol. The second-order valence-corrected chi connectivity index (χ2v) is 5.49. The van der Waals surface area contributed by atoms with Gasteiger partial charge in [-0.15, -0.1) is 0 Å². The highest BCUT2D eigenvalue weighted by Gasteiger charge is 2.21. The Labute approximate surface area is 108 Å². The van der Waals surface area contributed by atoms with Gasteiger partial charge < -0.3 is 10.6 Å². The maximum atomic E-state index is 12.3. The third kappa shape index (κ3) is 2.15. The molecule has 2 aliphatic rings. The number of carbonyl (C=O) groups excluding carboxylic acids is 1. The number of carbonyl (C=O) groups is 1. The molecule has 1 heterocycles. The molecule has 0 spiro atoms. The normalized spacial score (nSPS) is 22.9. The maximum Gasteiger partial charge on any atom is 0.253 e. The molecule has 0 radical (unpaired) electrons. The molecule has 1 aliphatic carbocycles. The summed E-state index contributed by atoms with van der Waals surface area (Å²) < 4.78 is 0. The Bertz CT molecular complexity index is 464. The van der Waals surface area contributed by atoms with Crippen LogP contribution in [0.15, 0.2) is 18.2 Å². The molecule has 0 aromatic heterocycles. The Hall–Kier alpha value is -1.35. The lowest BCUT2D eigenvalue weighted by molar-refractivity contribution is 0.0792. The molecule has 0 bridgehead atoms. The van der Waals surface area contributed by atoms with Crippen molar-refractivity contribution >= 4 is 5.91 Å². The number of rotatable bonds is 1. The molecule has 1 aromatic rings. The molecule has 1 amide bonds. The molecule has 3 heteroatoms. The van der Waals surface area contributed by atoms with Gasteiger partial charge in [-0.25, -0.2) is 0 Å². The first-order valence-electron chi connectivity index (χ1n) is 6.91. The first-order valence-corrected chi connectivity index (χ1v) is 6.91. The molecule has 1 unspecified atom stereocenters. The fourth-order valence-corrected chi connectivity index (χ4v) is 3.02. The maximum absolute atomic E-state index is 12.3. The Morgan fingerprint density at radius 3 is 2.78 bits per heavy atom. The monoisotopic (exact) mass is 244 g/mol. The Balaban J connectivity index is 1.83. The van der Waals surface area contributed by atoms with Crippen LogP contribution in [0.4, 0.5) is 0 Å². The summed E-state index contributed by atoms with van der Waals surface area (Å²) in [5.41, 5.74) is 9.47. The minimum atomic E-state index is 0.199. The van der Waals surface area contributed by atoms with E-state index in [1.165, 1.54) is 11.1 Å². The van der Waals surface area contributed by atoms with Crippen LogP contribution in [0, 0.1) is 0 Å². The first kappa shape index (κ1) is 11.7. The van der Waals surface area contributed by atoms with Gasteiger partial charge in [-0.3, -0.25) is 4.79 Å². The minimum Gasteiger partial charge on any atom is -0.339 e. The fraction of sp³-hybridized carbons (Fsp3) is 0.533. The average Bonchev–Trinajstić information content (AvgIpc) is 2.91. The molecule has 1 aromatic carbocycles. The zero-order chi connectivity index (χ0) is 12.5. The molecule has 1 saturated heterocycles. The van der Waals surface area contributed by atoms with E-state index in [1.54, 1.807) is 0 Å². The van der Waals surface area contributed by atoms with Crippen LogP contribution in [0.5, 0.6) is 0 Å². The number of fused-ring (bicyclic) bond motifs is 1. The minimum absolute atomic E-state index is 0.199. The molecule has 1 fully saturated rings. The lowest BCUT2D eigenvalue weighted by Crippen LogP contribution is -2.29. The summed E-state index contributed by atoms with van der Waals surface area (Å²) in [4.78, 5) is 14.3. The van der Waals surface area contributed by atoms with Gasteiger partial charge in [0, 0.05) is 24.7 Å². The Morgan fingerprint density at radius 2 is 2.00 bits per heavy atom. The van der Waals surface area contributed by atoms with Crippen LogP contribution in [-0.4, -0.2) is 29.9 Å². The Kier molecular flexibility index (Phi) is 3.08. The predicted octanol–water partition coefficient (Wildman–Crippen LogP) is 1.74. The smallest absolute Gasteiger partial charge is 0.253 e.